The maximum absolute atomic E-state index is 13.1. The number of nitrogens with zero attached hydrogens (tertiary/aromatic N) is 3. The number of methoxy groups -OCH3 is 2. The molecular weight excluding hydrogens is 611 g/mol. The van der Waals surface area contributed by atoms with Crippen LogP contribution in [0.2, 0.25) is 5.02 Å². The third kappa shape index (κ3) is 8.32. The number of ether oxygens (including phenoxy) is 3. The van der Waals surface area contributed by atoms with Crippen molar-refractivity contribution < 1.29 is 37.0 Å². The number of aromatic nitrogens is 3. The lowest BCUT2D eigenvalue weighted by Crippen LogP contribution is -2.29. The average Bonchev–Trinajstić information content (AvgIpc) is 3.41. The summed E-state index contributed by atoms with van der Waals surface area (Å²) in [6.07, 6.45) is -4.61. The number of hydrogen-bond donors (Lipinski definition) is 2. The van der Waals surface area contributed by atoms with Gasteiger partial charge in [0.15, 0.2) is 17.6 Å². The second kappa shape index (κ2) is 14.2. The van der Waals surface area contributed by atoms with Crippen LogP contribution in [-0.2, 0) is 22.3 Å². The molecule has 1 heterocycles. The number of para-hydroxylation sites is 1. The van der Waals surface area contributed by atoms with Crippen LogP contribution < -0.4 is 24.8 Å². The van der Waals surface area contributed by atoms with Crippen molar-refractivity contribution in [2.75, 3.05) is 31.9 Å². The van der Waals surface area contributed by atoms with E-state index in [0.717, 1.165) is 30.0 Å². The summed E-state index contributed by atoms with van der Waals surface area (Å²) in [5, 5.41) is 13.7. The van der Waals surface area contributed by atoms with Gasteiger partial charge in [-0.3, -0.25) is 14.2 Å². The lowest BCUT2D eigenvalue weighted by Gasteiger charge is -2.15. The Morgan fingerprint density at radius 2 is 1.72 bits per heavy atom. The minimum Gasteiger partial charge on any atom is -0.497 e. The molecule has 2 N–H and O–H groups in total. The molecule has 0 unspecified atom stereocenters. The van der Waals surface area contributed by atoms with Gasteiger partial charge in [0.2, 0.25) is 5.91 Å². The number of amides is 2. The fourth-order valence-corrected chi connectivity index (χ4v) is 4.66. The maximum atomic E-state index is 13.1. The quantitative estimate of drug-likeness (QED) is 0.199. The largest absolute Gasteiger partial charge is 0.497 e. The first kappa shape index (κ1) is 31.5. The van der Waals surface area contributed by atoms with Gasteiger partial charge >= 0.3 is 6.18 Å². The van der Waals surface area contributed by atoms with Crippen molar-refractivity contribution in [2.45, 2.75) is 17.9 Å². The highest BCUT2D eigenvalue weighted by Crippen LogP contribution is 2.35. The molecule has 0 spiro atoms. The number of anilines is 1. The Bertz CT molecular complexity index is 1590. The first-order chi connectivity index (χ1) is 20.6. The predicted octanol–water partition coefficient (Wildman–Crippen LogP) is 5.38. The van der Waals surface area contributed by atoms with Crippen LogP contribution >= 0.6 is 23.4 Å². The minimum absolute atomic E-state index is 0.0510. The maximum Gasteiger partial charge on any atom is 0.416 e. The van der Waals surface area contributed by atoms with E-state index < -0.39 is 23.6 Å². The van der Waals surface area contributed by atoms with E-state index in [1.165, 1.54) is 14.2 Å². The highest BCUT2D eigenvalue weighted by atomic mass is 35.5. The fourth-order valence-electron chi connectivity index (χ4n) is 3.73. The van der Waals surface area contributed by atoms with Crippen LogP contribution in [0.4, 0.5) is 18.9 Å². The lowest BCUT2D eigenvalue weighted by atomic mass is 10.2. The SMILES string of the molecule is COc1ccc(OC)c(-n2c(CNC(=O)COc3ccccc3)nnc2SCC(=O)Nc2cc(C(F)(F)F)ccc2Cl)c1. The van der Waals surface area contributed by atoms with Gasteiger partial charge < -0.3 is 24.8 Å². The summed E-state index contributed by atoms with van der Waals surface area (Å²) in [5.41, 5.74) is -0.676. The number of carbonyl (C=O) groups excluding carboxylic acids is 2. The van der Waals surface area contributed by atoms with Crippen LogP contribution in [0.25, 0.3) is 5.69 Å². The zero-order valence-corrected chi connectivity index (χ0v) is 24.3. The zero-order chi connectivity index (χ0) is 31.0. The lowest BCUT2D eigenvalue weighted by molar-refractivity contribution is -0.137. The van der Waals surface area contributed by atoms with E-state index in [-0.39, 0.29) is 34.8 Å². The molecular formula is C28H25ClF3N5O5S. The molecule has 4 aromatic rings. The standard InChI is InChI=1S/C28H25ClF3N5O5S/c1-40-19-9-11-23(41-2)22(13-19)37-24(14-33-25(38)15-42-18-6-4-3-5-7-18)35-36-27(37)43-16-26(39)34-21-12-17(28(30,31)32)8-10-20(21)29/h3-13H,14-16H2,1-2H3,(H,33,38)(H,34,39). The van der Waals surface area contributed by atoms with Crippen molar-refractivity contribution >= 4 is 40.9 Å². The van der Waals surface area contributed by atoms with Crippen molar-refractivity contribution in [3.8, 4) is 22.9 Å². The summed E-state index contributed by atoms with van der Waals surface area (Å²) in [6.45, 7) is -0.294. The smallest absolute Gasteiger partial charge is 0.416 e. The van der Waals surface area contributed by atoms with Crippen LogP contribution in [0.5, 0.6) is 17.2 Å². The summed E-state index contributed by atoms with van der Waals surface area (Å²) in [7, 11) is 2.96. The van der Waals surface area contributed by atoms with Crippen molar-refractivity contribution in [3.63, 3.8) is 0 Å². The van der Waals surface area contributed by atoms with E-state index in [9.17, 15) is 22.8 Å². The first-order valence-electron chi connectivity index (χ1n) is 12.5. The Hall–Kier alpha value is -4.43. The van der Waals surface area contributed by atoms with Crippen LogP contribution in [0, 0.1) is 0 Å². The minimum atomic E-state index is -4.61. The molecule has 0 saturated heterocycles. The van der Waals surface area contributed by atoms with Crippen molar-refractivity contribution in [3.05, 3.63) is 83.1 Å². The summed E-state index contributed by atoms with van der Waals surface area (Å²) in [5.74, 6) is 0.433. The first-order valence-corrected chi connectivity index (χ1v) is 13.9. The van der Waals surface area contributed by atoms with E-state index in [1.54, 1.807) is 47.0 Å². The third-order valence-corrected chi connectivity index (χ3v) is 7.04. The Morgan fingerprint density at radius 1 is 0.953 bits per heavy atom. The van der Waals surface area contributed by atoms with E-state index in [2.05, 4.69) is 20.8 Å². The summed E-state index contributed by atoms with van der Waals surface area (Å²) < 4.78 is 57.3. The number of nitrogens with one attached hydrogen (secondary N) is 2. The summed E-state index contributed by atoms with van der Waals surface area (Å²) >= 11 is 6.97. The number of halogens is 4. The van der Waals surface area contributed by atoms with Gasteiger partial charge in [0, 0.05) is 6.07 Å². The zero-order valence-electron chi connectivity index (χ0n) is 22.8. The predicted molar refractivity (Wildman–Crippen MR) is 154 cm³/mol. The van der Waals surface area contributed by atoms with Crippen molar-refractivity contribution in [1.29, 1.82) is 0 Å². The van der Waals surface area contributed by atoms with Gasteiger partial charge in [0.05, 0.1) is 48.5 Å². The molecule has 226 valence electrons. The molecule has 1 aromatic heterocycles. The van der Waals surface area contributed by atoms with Gasteiger partial charge in [0.1, 0.15) is 17.2 Å². The van der Waals surface area contributed by atoms with E-state index in [0.29, 0.717) is 28.8 Å². The molecule has 0 aliphatic heterocycles. The van der Waals surface area contributed by atoms with Crippen LogP contribution in [-0.4, -0.2) is 53.2 Å². The highest BCUT2D eigenvalue weighted by Gasteiger charge is 2.31. The summed E-state index contributed by atoms with van der Waals surface area (Å²) in [4.78, 5) is 25.2. The van der Waals surface area contributed by atoms with Gasteiger partial charge in [-0.1, -0.05) is 41.6 Å². The van der Waals surface area contributed by atoms with Crippen molar-refractivity contribution in [1.82, 2.24) is 20.1 Å². The monoisotopic (exact) mass is 635 g/mol. The number of rotatable bonds is 12. The molecule has 0 bridgehead atoms. The Morgan fingerprint density at radius 3 is 2.42 bits per heavy atom. The second-order valence-corrected chi connectivity index (χ2v) is 10.0. The van der Waals surface area contributed by atoms with Gasteiger partial charge in [-0.15, -0.1) is 10.2 Å². The molecule has 4 rings (SSSR count). The van der Waals surface area contributed by atoms with Gasteiger partial charge in [-0.2, -0.15) is 13.2 Å². The molecule has 0 saturated carbocycles. The molecule has 0 fully saturated rings. The number of carbonyl (C=O) groups is 2. The molecule has 2 amide bonds. The number of thioether (sulfide) groups is 1. The highest BCUT2D eigenvalue weighted by molar-refractivity contribution is 7.99. The number of hydrogen-bond acceptors (Lipinski definition) is 8. The Labute approximate surface area is 253 Å². The van der Waals surface area contributed by atoms with Gasteiger partial charge in [-0.05, 0) is 42.5 Å². The van der Waals surface area contributed by atoms with Crippen LogP contribution in [0.15, 0.2) is 71.9 Å². The molecule has 0 aliphatic carbocycles. The number of benzene rings is 3. The average molecular weight is 636 g/mol. The molecule has 10 nitrogen and oxygen atoms in total. The fraction of sp³-hybridized carbons (Fsp3) is 0.214. The topological polar surface area (TPSA) is 117 Å². The molecule has 43 heavy (non-hydrogen) atoms. The third-order valence-electron chi connectivity index (χ3n) is 5.78. The molecule has 0 aliphatic rings. The normalized spacial score (nSPS) is 11.1. The van der Waals surface area contributed by atoms with Crippen LogP contribution in [0.3, 0.4) is 0 Å². The Balaban J connectivity index is 1.53. The van der Waals surface area contributed by atoms with Crippen LogP contribution in [0.1, 0.15) is 11.4 Å². The molecule has 0 atom stereocenters. The summed E-state index contributed by atoms with van der Waals surface area (Å²) in [6, 6.07) is 16.5. The van der Waals surface area contributed by atoms with E-state index in [4.69, 9.17) is 25.8 Å². The second-order valence-electron chi connectivity index (χ2n) is 8.68. The van der Waals surface area contributed by atoms with Crippen molar-refractivity contribution in [2.24, 2.45) is 0 Å². The Kier molecular flexibility index (Phi) is 10.4. The molecule has 0 radical (unpaired) electrons. The number of alkyl halides is 3. The van der Waals surface area contributed by atoms with Gasteiger partial charge in [0.25, 0.3) is 5.91 Å². The van der Waals surface area contributed by atoms with E-state index >= 15 is 0 Å². The molecule has 3 aromatic carbocycles. The molecule has 15 heteroatoms. The van der Waals surface area contributed by atoms with E-state index in [1.807, 2.05) is 6.07 Å². The van der Waals surface area contributed by atoms with Gasteiger partial charge in [-0.25, -0.2) is 0 Å².